The van der Waals surface area contributed by atoms with Crippen LogP contribution in [0.5, 0.6) is 5.75 Å². The number of hydrogen-bond donors (Lipinski definition) is 2. The van der Waals surface area contributed by atoms with Crippen LogP contribution in [-0.4, -0.2) is 23.2 Å². The summed E-state index contributed by atoms with van der Waals surface area (Å²) in [7, 11) is 0. The molecule has 27 heavy (non-hydrogen) atoms. The smallest absolute Gasteiger partial charge is 0.312 e. The van der Waals surface area contributed by atoms with Crippen LogP contribution in [0, 0.1) is 5.41 Å². The summed E-state index contributed by atoms with van der Waals surface area (Å²) in [6, 6.07) is 17.2. The summed E-state index contributed by atoms with van der Waals surface area (Å²) in [5.41, 5.74) is 1.01. The van der Waals surface area contributed by atoms with Crippen LogP contribution in [0.1, 0.15) is 52.5 Å². The summed E-state index contributed by atoms with van der Waals surface area (Å²) >= 11 is 0. The lowest BCUT2D eigenvalue weighted by molar-refractivity contribution is -0.166. The Labute approximate surface area is 162 Å². The van der Waals surface area contributed by atoms with Crippen molar-refractivity contribution in [2.45, 2.75) is 52.6 Å². The van der Waals surface area contributed by atoms with E-state index in [0.717, 1.165) is 5.69 Å². The summed E-state index contributed by atoms with van der Waals surface area (Å²) in [6.45, 7) is 10.2. The quantitative estimate of drug-likeness (QED) is 0.510. The minimum absolute atomic E-state index is 0.141. The van der Waals surface area contributed by atoms with Crippen LogP contribution in [0.15, 0.2) is 54.6 Å². The molecule has 0 saturated carbocycles. The predicted molar refractivity (Wildman–Crippen MR) is 110 cm³/mol. The number of hydrogen-bond acceptors (Lipinski definition) is 4. The van der Waals surface area contributed by atoms with Gasteiger partial charge in [-0.25, -0.2) is 0 Å². The number of nitrogens with one attached hydrogen (secondary N) is 1. The predicted octanol–water partition coefficient (Wildman–Crippen LogP) is 5.35. The zero-order chi connectivity index (χ0) is 20.1. The van der Waals surface area contributed by atoms with E-state index in [1.54, 1.807) is 12.1 Å². The third-order valence-electron chi connectivity index (χ3n) is 4.40. The molecule has 0 aliphatic heterocycles. The second-order valence-electron chi connectivity index (χ2n) is 8.63. The van der Waals surface area contributed by atoms with E-state index in [-0.39, 0.29) is 17.6 Å². The van der Waals surface area contributed by atoms with Crippen LogP contribution in [0.4, 0.5) is 5.69 Å². The standard InChI is InChI=1S/C23H31NO3/c1-22(2,3)27-21(26)23(4,5)15-18(17-9-7-6-8-10-17)16-24-19-11-13-20(25)14-12-19/h6-14,18,24-25H,15-16H2,1-5H3. The molecule has 2 aromatic rings. The third kappa shape index (κ3) is 6.63. The molecular weight excluding hydrogens is 338 g/mol. The molecule has 0 aliphatic rings. The van der Waals surface area contributed by atoms with Crippen molar-refractivity contribution in [1.82, 2.24) is 0 Å². The molecule has 146 valence electrons. The Morgan fingerprint density at radius 1 is 1.00 bits per heavy atom. The highest BCUT2D eigenvalue weighted by molar-refractivity contribution is 5.76. The summed E-state index contributed by atoms with van der Waals surface area (Å²) in [4.78, 5) is 12.7. The molecular formula is C23H31NO3. The Morgan fingerprint density at radius 2 is 1.59 bits per heavy atom. The van der Waals surface area contributed by atoms with Crippen LogP contribution in [0.3, 0.4) is 0 Å². The summed E-state index contributed by atoms with van der Waals surface area (Å²) < 4.78 is 5.63. The topological polar surface area (TPSA) is 58.6 Å². The van der Waals surface area contributed by atoms with Crippen molar-refractivity contribution in [1.29, 1.82) is 0 Å². The second kappa shape index (κ2) is 8.47. The van der Waals surface area contributed by atoms with Gasteiger partial charge in [0.2, 0.25) is 0 Å². The molecule has 2 aromatic carbocycles. The van der Waals surface area contributed by atoms with Crippen molar-refractivity contribution >= 4 is 11.7 Å². The molecule has 2 N–H and O–H groups in total. The highest BCUT2D eigenvalue weighted by Gasteiger charge is 2.35. The molecule has 0 amide bonds. The molecule has 4 nitrogen and oxygen atoms in total. The van der Waals surface area contributed by atoms with E-state index >= 15 is 0 Å². The van der Waals surface area contributed by atoms with E-state index in [0.29, 0.717) is 13.0 Å². The molecule has 0 heterocycles. The van der Waals surface area contributed by atoms with Crippen LogP contribution in [0.25, 0.3) is 0 Å². The van der Waals surface area contributed by atoms with Gasteiger partial charge in [-0.05, 0) is 70.9 Å². The molecule has 0 aliphatic carbocycles. The van der Waals surface area contributed by atoms with Gasteiger partial charge in [-0.15, -0.1) is 0 Å². The van der Waals surface area contributed by atoms with Gasteiger partial charge in [0.1, 0.15) is 11.4 Å². The van der Waals surface area contributed by atoms with Crippen LogP contribution >= 0.6 is 0 Å². The van der Waals surface area contributed by atoms with Crippen molar-refractivity contribution in [2.75, 3.05) is 11.9 Å². The minimum Gasteiger partial charge on any atom is -0.508 e. The third-order valence-corrected chi connectivity index (χ3v) is 4.40. The van der Waals surface area contributed by atoms with E-state index < -0.39 is 11.0 Å². The van der Waals surface area contributed by atoms with Gasteiger partial charge in [-0.2, -0.15) is 0 Å². The van der Waals surface area contributed by atoms with E-state index in [2.05, 4.69) is 17.4 Å². The molecule has 4 heteroatoms. The molecule has 1 atom stereocenters. The first kappa shape index (κ1) is 20.8. The monoisotopic (exact) mass is 369 g/mol. The lowest BCUT2D eigenvalue weighted by atomic mass is 9.79. The van der Waals surface area contributed by atoms with Crippen molar-refractivity contribution in [3.8, 4) is 5.75 Å². The van der Waals surface area contributed by atoms with Gasteiger partial charge in [-0.3, -0.25) is 4.79 Å². The Hall–Kier alpha value is -2.49. The van der Waals surface area contributed by atoms with Gasteiger partial charge >= 0.3 is 5.97 Å². The average molecular weight is 370 g/mol. The Bertz CT molecular complexity index is 730. The Balaban J connectivity index is 2.15. The fraction of sp³-hybridized carbons (Fsp3) is 0.435. The van der Waals surface area contributed by atoms with E-state index in [1.807, 2.05) is 65.0 Å². The maximum absolute atomic E-state index is 12.7. The number of aromatic hydroxyl groups is 1. The maximum Gasteiger partial charge on any atom is 0.312 e. The van der Waals surface area contributed by atoms with E-state index in [1.165, 1.54) is 5.56 Å². The lowest BCUT2D eigenvalue weighted by Crippen LogP contribution is -2.35. The van der Waals surface area contributed by atoms with Gasteiger partial charge in [0.25, 0.3) is 0 Å². The van der Waals surface area contributed by atoms with Crippen molar-refractivity contribution < 1.29 is 14.6 Å². The normalized spacial score (nSPS) is 13.1. The summed E-state index contributed by atoms with van der Waals surface area (Å²) in [5.74, 6) is 0.203. The highest BCUT2D eigenvalue weighted by atomic mass is 16.6. The van der Waals surface area contributed by atoms with Gasteiger partial charge < -0.3 is 15.2 Å². The van der Waals surface area contributed by atoms with Gasteiger partial charge in [0.15, 0.2) is 0 Å². The Morgan fingerprint density at radius 3 is 2.15 bits per heavy atom. The number of carbonyl (C=O) groups excluding carboxylic acids is 1. The number of phenols is 1. The first-order valence-corrected chi connectivity index (χ1v) is 9.38. The molecule has 0 spiro atoms. The number of esters is 1. The molecule has 0 aromatic heterocycles. The molecule has 0 saturated heterocycles. The lowest BCUT2D eigenvalue weighted by Gasteiger charge is -2.32. The van der Waals surface area contributed by atoms with Gasteiger partial charge in [0, 0.05) is 18.2 Å². The highest BCUT2D eigenvalue weighted by Crippen LogP contribution is 2.34. The zero-order valence-corrected chi connectivity index (χ0v) is 17.0. The molecule has 2 rings (SSSR count). The summed E-state index contributed by atoms with van der Waals surface area (Å²) in [5, 5.41) is 12.9. The molecule has 0 radical (unpaired) electrons. The number of carbonyl (C=O) groups is 1. The fourth-order valence-corrected chi connectivity index (χ4v) is 2.97. The molecule has 1 unspecified atom stereocenters. The number of rotatable bonds is 7. The van der Waals surface area contributed by atoms with Gasteiger partial charge in [-0.1, -0.05) is 30.3 Å². The van der Waals surface area contributed by atoms with Crippen LogP contribution in [0.2, 0.25) is 0 Å². The van der Waals surface area contributed by atoms with Crippen molar-refractivity contribution in [3.63, 3.8) is 0 Å². The average Bonchev–Trinajstić information content (AvgIpc) is 2.59. The SMILES string of the molecule is CC(C)(C)OC(=O)C(C)(C)CC(CNc1ccc(O)cc1)c1ccccc1. The summed E-state index contributed by atoms with van der Waals surface area (Å²) in [6.07, 6.45) is 0.664. The zero-order valence-electron chi connectivity index (χ0n) is 17.0. The van der Waals surface area contributed by atoms with Crippen LogP contribution < -0.4 is 5.32 Å². The van der Waals surface area contributed by atoms with Crippen LogP contribution in [-0.2, 0) is 9.53 Å². The number of phenolic OH excluding ortho intramolecular Hbond substituents is 1. The van der Waals surface area contributed by atoms with E-state index in [9.17, 15) is 9.90 Å². The second-order valence-corrected chi connectivity index (χ2v) is 8.63. The molecule has 0 bridgehead atoms. The molecule has 0 fully saturated rings. The number of anilines is 1. The Kier molecular flexibility index (Phi) is 6.53. The van der Waals surface area contributed by atoms with Gasteiger partial charge in [0.05, 0.1) is 5.41 Å². The maximum atomic E-state index is 12.7. The number of ether oxygens (including phenoxy) is 1. The first-order chi connectivity index (χ1) is 12.6. The fourth-order valence-electron chi connectivity index (χ4n) is 2.97. The van der Waals surface area contributed by atoms with Crippen molar-refractivity contribution in [3.05, 3.63) is 60.2 Å². The largest absolute Gasteiger partial charge is 0.508 e. The van der Waals surface area contributed by atoms with E-state index in [4.69, 9.17) is 4.74 Å². The van der Waals surface area contributed by atoms with Crippen molar-refractivity contribution in [2.24, 2.45) is 5.41 Å². The first-order valence-electron chi connectivity index (χ1n) is 9.38. The number of benzene rings is 2. The minimum atomic E-state index is -0.607.